The van der Waals surface area contributed by atoms with Gasteiger partial charge in [0.1, 0.15) is 17.4 Å². The van der Waals surface area contributed by atoms with Gasteiger partial charge in [-0.15, -0.1) is 11.3 Å². The molecule has 1 amide bonds. The van der Waals surface area contributed by atoms with Crippen LogP contribution in [0.25, 0.3) is 11.0 Å². The molecule has 1 aliphatic rings. The van der Waals surface area contributed by atoms with E-state index in [-0.39, 0.29) is 12.4 Å². The van der Waals surface area contributed by atoms with Gasteiger partial charge in [0.05, 0.1) is 23.5 Å². The summed E-state index contributed by atoms with van der Waals surface area (Å²) in [7, 11) is 0. The first-order chi connectivity index (χ1) is 16.7. The first kappa shape index (κ1) is 22.1. The van der Waals surface area contributed by atoms with Crippen LogP contribution < -0.4 is 0 Å². The monoisotopic (exact) mass is 478 g/mol. The van der Waals surface area contributed by atoms with Gasteiger partial charge < -0.3 is 18.3 Å². The first-order valence-electron chi connectivity index (χ1n) is 10.9. The standard InChI is InChI=1S/C25H22N2O6S/c1-2-30-14-17-16-7-3-4-8-20(16)33-24(17)25(29)32-15-23(28)27-19(21-9-5-11-31-21)13-18(26-27)22-10-6-12-34-22/h3-12,19H,2,13-15H2,1H3. The molecule has 0 fully saturated rings. The van der Waals surface area contributed by atoms with Gasteiger partial charge in [0.25, 0.3) is 5.91 Å². The van der Waals surface area contributed by atoms with Crippen molar-refractivity contribution in [2.24, 2.45) is 5.10 Å². The van der Waals surface area contributed by atoms with Gasteiger partial charge in [-0.05, 0) is 36.6 Å². The van der Waals surface area contributed by atoms with Crippen LogP contribution in [0.1, 0.15) is 46.1 Å². The third-order valence-corrected chi connectivity index (χ3v) is 6.42. The Morgan fingerprint density at radius 1 is 1.18 bits per heavy atom. The second kappa shape index (κ2) is 9.66. The smallest absolute Gasteiger partial charge is 0.375 e. The van der Waals surface area contributed by atoms with Crippen LogP contribution in [0.15, 0.2) is 74.1 Å². The molecular weight excluding hydrogens is 456 g/mol. The van der Waals surface area contributed by atoms with E-state index >= 15 is 0 Å². The molecule has 0 radical (unpaired) electrons. The lowest BCUT2D eigenvalue weighted by Gasteiger charge is -2.19. The Labute approximate surface area is 199 Å². The fourth-order valence-electron chi connectivity index (χ4n) is 3.90. The normalized spacial score (nSPS) is 15.6. The summed E-state index contributed by atoms with van der Waals surface area (Å²) in [4.78, 5) is 26.9. The molecule has 174 valence electrons. The second-order valence-electron chi connectivity index (χ2n) is 7.62. The number of carbonyl (C=O) groups is 2. The molecule has 0 aliphatic carbocycles. The molecule has 0 saturated carbocycles. The molecule has 3 aromatic heterocycles. The van der Waals surface area contributed by atoms with Crippen LogP contribution in [0.4, 0.5) is 0 Å². The van der Waals surface area contributed by atoms with Crippen molar-refractivity contribution in [2.75, 3.05) is 13.2 Å². The van der Waals surface area contributed by atoms with Crippen LogP contribution in [0.3, 0.4) is 0 Å². The van der Waals surface area contributed by atoms with Crippen molar-refractivity contribution >= 4 is 39.9 Å². The highest BCUT2D eigenvalue weighted by Gasteiger charge is 2.36. The van der Waals surface area contributed by atoms with Crippen molar-refractivity contribution < 1.29 is 27.9 Å². The Morgan fingerprint density at radius 3 is 2.82 bits per heavy atom. The molecule has 0 spiro atoms. The number of hydrogen-bond donors (Lipinski definition) is 0. The predicted octanol–water partition coefficient (Wildman–Crippen LogP) is 5.16. The molecule has 9 heteroatoms. The van der Waals surface area contributed by atoms with E-state index in [9.17, 15) is 9.59 Å². The molecule has 0 saturated heterocycles. The Kier molecular flexibility index (Phi) is 6.29. The minimum atomic E-state index is -0.726. The third kappa shape index (κ3) is 4.27. The van der Waals surface area contributed by atoms with E-state index in [1.807, 2.05) is 42.6 Å². The van der Waals surface area contributed by atoms with Crippen molar-refractivity contribution in [1.82, 2.24) is 5.01 Å². The number of carbonyl (C=O) groups excluding carboxylic acids is 2. The lowest BCUT2D eigenvalue weighted by atomic mass is 10.1. The largest absolute Gasteiger partial charge is 0.467 e. The van der Waals surface area contributed by atoms with E-state index in [0.717, 1.165) is 16.0 Å². The van der Waals surface area contributed by atoms with Crippen molar-refractivity contribution in [3.05, 3.63) is 82.1 Å². The minimum absolute atomic E-state index is 0.0363. The van der Waals surface area contributed by atoms with Gasteiger partial charge in [0.2, 0.25) is 5.76 Å². The maximum Gasteiger partial charge on any atom is 0.375 e. The summed E-state index contributed by atoms with van der Waals surface area (Å²) in [6.45, 7) is 2.07. The van der Waals surface area contributed by atoms with Crippen molar-refractivity contribution in [2.45, 2.75) is 26.0 Å². The van der Waals surface area contributed by atoms with Gasteiger partial charge in [-0.1, -0.05) is 24.3 Å². The Morgan fingerprint density at radius 2 is 2.06 bits per heavy atom. The summed E-state index contributed by atoms with van der Waals surface area (Å²) in [6, 6.07) is 14.4. The summed E-state index contributed by atoms with van der Waals surface area (Å²) in [5.74, 6) is -0.528. The van der Waals surface area contributed by atoms with Crippen LogP contribution in [0.5, 0.6) is 0 Å². The van der Waals surface area contributed by atoms with E-state index in [1.165, 1.54) is 5.01 Å². The van der Waals surface area contributed by atoms with Crippen molar-refractivity contribution in [1.29, 1.82) is 0 Å². The lowest BCUT2D eigenvalue weighted by molar-refractivity contribution is -0.136. The number of nitrogens with zero attached hydrogens (tertiary/aromatic N) is 2. The fraction of sp³-hybridized carbons (Fsp3) is 0.240. The van der Waals surface area contributed by atoms with E-state index in [2.05, 4.69) is 5.10 Å². The number of para-hydroxylation sites is 1. The third-order valence-electron chi connectivity index (χ3n) is 5.50. The number of rotatable bonds is 8. The molecule has 1 aliphatic heterocycles. The first-order valence-corrected chi connectivity index (χ1v) is 11.8. The van der Waals surface area contributed by atoms with Crippen LogP contribution in [0.2, 0.25) is 0 Å². The van der Waals surface area contributed by atoms with Gasteiger partial charge in [0, 0.05) is 24.0 Å². The van der Waals surface area contributed by atoms with Gasteiger partial charge in [0.15, 0.2) is 6.61 Å². The highest BCUT2D eigenvalue weighted by Crippen LogP contribution is 2.34. The zero-order valence-electron chi connectivity index (χ0n) is 18.4. The number of benzene rings is 1. The Hall–Kier alpha value is -3.69. The second-order valence-corrected chi connectivity index (χ2v) is 8.56. The van der Waals surface area contributed by atoms with Crippen LogP contribution in [-0.4, -0.2) is 35.8 Å². The van der Waals surface area contributed by atoms with Gasteiger partial charge in [-0.3, -0.25) is 4.79 Å². The molecule has 4 aromatic rings. The number of esters is 1. The van der Waals surface area contributed by atoms with E-state index in [4.69, 9.17) is 18.3 Å². The number of amides is 1. The molecule has 1 aromatic carbocycles. The summed E-state index contributed by atoms with van der Waals surface area (Å²) in [5.41, 5.74) is 1.94. The van der Waals surface area contributed by atoms with E-state index < -0.39 is 24.5 Å². The molecule has 0 bridgehead atoms. The Bertz CT molecular complexity index is 1320. The summed E-state index contributed by atoms with van der Waals surface area (Å²) >= 11 is 1.55. The van der Waals surface area contributed by atoms with Gasteiger partial charge >= 0.3 is 5.97 Å². The highest BCUT2D eigenvalue weighted by molar-refractivity contribution is 7.12. The molecular formula is C25H22N2O6S. The number of furan rings is 2. The highest BCUT2D eigenvalue weighted by atomic mass is 32.1. The maximum atomic E-state index is 13.1. The molecule has 34 heavy (non-hydrogen) atoms. The average molecular weight is 479 g/mol. The summed E-state index contributed by atoms with van der Waals surface area (Å²) in [5, 5.41) is 8.59. The predicted molar refractivity (Wildman–Crippen MR) is 126 cm³/mol. The van der Waals surface area contributed by atoms with E-state index in [0.29, 0.717) is 29.9 Å². The van der Waals surface area contributed by atoms with Crippen LogP contribution in [0, 0.1) is 0 Å². The van der Waals surface area contributed by atoms with Crippen molar-refractivity contribution in [3.8, 4) is 0 Å². The maximum absolute atomic E-state index is 13.1. The Balaban J connectivity index is 1.34. The molecule has 1 atom stereocenters. The number of hydrazone groups is 1. The minimum Gasteiger partial charge on any atom is -0.467 e. The van der Waals surface area contributed by atoms with Crippen LogP contribution in [-0.2, 0) is 20.9 Å². The van der Waals surface area contributed by atoms with E-state index in [1.54, 1.807) is 35.8 Å². The number of fused-ring (bicyclic) bond motifs is 1. The average Bonchev–Trinajstić information content (AvgIpc) is 3.66. The summed E-state index contributed by atoms with van der Waals surface area (Å²) in [6.07, 6.45) is 2.07. The van der Waals surface area contributed by atoms with Crippen LogP contribution >= 0.6 is 11.3 Å². The summed E-state index contributed by atoms with van der Waals surface area (Å²) < 4.78 is 22.2. The zero-order valence-corrected chi connectivity index (χ0v) is 19.2. The number of ether oxygens (including phenoxy) is 2. The quantitative estimate of drug-likeness (QED) is 0.325. The van der Waals surface area contributed by atoms with Crippen molar-refractivity contribution in [3.63, 3.8) is 0 Å². The number of thiophene rings is 1. The lowest BCUT2D eigenvalue weighted by Crippen LogP contribution is -2.31. The molecule has 1 unspecified atom stereocenters. The fourth-order valence-corrected chi connectivity index (χ4v) is 4.63. The SMILES string of the molecule is CCOCc1c(C(=O)OCC(=O)N2N=C(c3cccs3)CC2c2ccco2)oc2ccccc12. The molecule has 5 rings (SSSR count). The number of hydrogen-bond acceptors (Lipinski definition) is 8. The molecule has 4 heterocycles. The molecule has 8 nitrogen and oxygen atoms in total. The topological polar surface area (TPSA) is 94.5 Å². The van der Waals surface area contributed by atoms with Gasteiger partial charge in [-0.2, -0.15) is 5.10 Å². The zero-order chi connectivity index (χ0) is 23.5. The molecule has 0 N–H and O–H groups in total. The van der Waals surface area contributed by atoms with Gasteiger partial charge in [-0.25, -0.2) is 9.80 Å².